The van der Waals surface area contributed by atoms with Crippen molar-refractivity contribution in [1.82, 2.24) is 14.5 Å². The fourth-order valence-corrected chi connectivity index (χ4v) is 3.36. The summed E-state index contributed by atoms with van der Waals surface area (Å²) in [6.07, 6.45) is 6.02. The van der Waals surface area contributed by atoms with E-state index in [9.17, 15) is 8.42 Å². The van der Waals surface area contributed by atoms with E-state index in [2.05, 4.69) is 16.7 Å². The summed E-state index contributed by atoms with van der Waals surface area (Å²) in [5.74, 6) is 0.504. The van der Waals surface area contributed by atoms with E-state index in [4.69, 9.17) is 5.73 Å². The molecule has 18 heavy (non-hydrogen) atoms. The molecule has 1 heterocycles. The smallest absolute Gasteiger partial charge is 0.243 e. The summed E-state index contributed by atoms with van der Waals surface area (Å²) in [6, 6.07) is 0.104. The molecule has 2 rings (SSSR count). The Hall–Kier alpha value is -0.920. The number of nitrogens with one attached hydrogen (secondary N) is 1. The molecule has 7 heteroatoms. The van der Waals surface area contributed by atoms with Gasteiger partial charge in [0.2, 0.25) is 10.0 Å². The normalized spacial score (nSPS) is 23.2. The van der Waals surface area contributed by atoms with E-state index in [1.54, 1.807) is 4.68 Å². The van der Waals surface area contributed by atoms with Crippen molar-refractivity contribution in [3.8, 4) is 0 Å². The van der Waals surface area contributed by atoms with Gasteiger partial charge in [-0.3, -0.25) is 4.68 Å². The molecule has 0 radical (unpaired) electrons. The van der Waals surface area contributed by atoms with Gasteiger partial charge >= 0.3 is 0 Å². The van der Waals surface area contributed by atoms with Gasteiger partial charge in [0.1, 0.15) is 4.90 Å². The maximum absolute atomic E-state index is 12.1. The zero-order valence-electron chi connectivity index (χ0n) is 10.5. The lowest BCUT2D eigenvalue weighted by atomic mass is 10.2. The molecule has 102 valence electrons. The van der Waals surface area contributed by atoms with Gasteiger partial charge in [-0.15, -0.1) is 0 Å². The summed E-state index contributed by atoms with van der Waals surface area (Å²) < 4.78 is 28.4. The molecule has 3 N–H and O–H groups in total. The Labute approximate surface area is 108 Å². The monoisotopic (exact) mass is 272 g/mol. The first-order valence-corrected chi connectivity index (χ1v) is 7.80. The molecule has 1 aromatic rings. The van der Waals surface area contributed by atoms with Crippen LogP contribution in [-0.2, 0) is 16.6 Å². The SMILES string of the molecule is CCCC1CC1NS(=O)(=O)c1cnn(CCN)c1. The molecule has 0 saturated heterocycles. The van der Waals surface area contributed by atoms with Gasteiger partial charge in [0.25, 0.3) is 0 Å². The number of hydrogen-bond donors (Lipinski definition) is 2. The van der Waals surface area contributed by atoms with Gasteiger partial charge in [0.05, 0.1) is 12.7 Å². The van der Waals surface area contributed by atoms with Crippen molar-refractivity contribution < 1.29 is 8.42 Å². The van der Waals surface area contributed by atoms with Gasteiger partial charge in [-0.05, 0) is 18.8 Å². The number of hydrogen-bond acceptors (Lipinski definition) is 4. The molecular weight excluding hydrogens is 252 g/mol. The Morgan fingerprint density at radius 3 is 3.06 bits per heavy atom. The molecule has 1 aliphatic rings. The first-order chi connectivity index (χ1) is 8.56. The lowest BCUT2D eigenvalue weighted by Crippen LogP contribution is -2.26. The van der Waals surface area contributed by atoms with Crippen molar-refractivity contribution in [2.75, 3.05) is 6.54 Å². The highest BCUT2D eigenvalue weighted by Gasteiger charge is 2.39. The minimum Gasteiger partial charge on any atom is -0.329 e. The third-order valence-electron chi connectivity index (χ3n) is 3.17. The van der Waals surface area contributed by atoms with Crippen molar-refractivity contribution in [3.05, 3.63) is 12.4 Å². The van der Waals surface area contributed by atoms with Gasteiger partial charge in [-0.2, -0.15) is 5.10 Å². The number of aromatic nitrogens is 2. The highest BCUT2D eigenvalue weighted by molar-refractivity contribution is 7.89. The molecule has 1 aromatic heterocycles. The van der Waals surface area contributed by atoms with Gasteiger partial charge in [0, 0.05) is 18.8 Å². The van der Waals surface area contributed by atoms with Crippen molar-refractivity contribution in [1.29, 1.82) is 0 Å². The van der Waals surface area contributed by atoms with E-state index >= 15 is 0 Å². The van der Waals surface area contributed by atoms with Crippen LogP contribution in [0.1, 0.15) is 26.2 Å². The van der Waals surface area contributed by atoms with Crippen LogP contribution in [0.5, 0.6) is 0 Å². The molecule has 2 unspecified atom stereocenters. The Morgan fingerprint density at radius 1 is 1.61 bits per heavy atom. The van der Waals surface area contributed by atoms with Crippen LogP contribution in [-0.4, -0.2) is 30.8 Å². The van der Waals surface area contributed by atoms with Crippen molar-refractivity contribution in [3.63, 3.8) is 0 Å². The van der Waals surface area contributed by atoms with E-state index in [0.29, 0.717) is 19.0 Å². The first kappa shape index (κ1) is 13.5. The van der Waals surface area contributed by atoms with Crippen LogP contribution in [0.3, 0.4) is 0 Å². The van der Waals surface area contributed by atoms with E-state index in [1.807, 2.05) is 0 Å². The Bertz CT molecular complexity index is 497. The first-order valence-electron chi connectivity index (χ1n) is 6.31. The second-order valence-corrected chi connectivity index (χ2v) is 6.45. The van der Waals surface area contributed by atoms with Crippen LogP contribution < -0.4 is 10.5 Å². The number of sulfonamides is 1. The molecule has 1 aliphatic carbocycles. The maximum atomic E-state index is 12.1. The van der Waals surface area contributed by atoms with Gasteiger partial charge in [-0.1, -0.05) is 13.3 Å². The molecule has 1 saturated carbocycles. The molecule has 1 fully saturated rings. The zero-order chi connectivity index (χ0) is 13.2. The second-order valence-electron chi connectivity index (χ2n) is 4.74. The van der Waals surface area contributed by atoms with Crippen LogP contribution >= 0.6 is 0 Å². The average Bonchev–Trinajstić information content (AvgIpc) is 2.84. The number of nitrogens with two attached hydrogens (primary N) is 1. The Morgan fingerprint density at radius 2 is 2.39 bits per heavy atom. The Balaban J connectivity index is 1.98. The largest absolute Gasteiger partial charge is 0.329 e. The maximum Gasteiger partial charge on any atom is 0.243 e. The third kappa shape index (κ3) is 3.09. The van der Waals surface area contributed by atoms with E-state index < -0.39 is 10.0 Å². The molecule has 0 aliphatic heterocycles. The summed E-state index contributed by atoms with van der Waals surface area (Å²) in [4.78, 5) is 0.220. The fourth-order valence-electron chi connectivity index (χ4n) is 2.09. The molecule has 0 bridgehead atoms. The van der Waals surface area contributed by atoms with Gasteiger partial charge in [-0.25, -0.2) is 13.1 Å². The summed E-state index contributed by atoms with van der Waals surface area (Å²) in [6.45, 7) is 3.08. The predicted octanol–water partition coefficient (Wildman–Crippen LogP) is 0.309. The molecule has 6 nitrogen and oxygen atoms in total. The summed E-state index contributed by atoms with van der Waals surface area (Å²) in [5.41, 5.74) is 5.40. The van der Waals surface area contributed by atoms with E-state index in [-0.39, 0.29) is 10.9 Å². The van der Waals surface area contributed by atoms with Crippen LogP contribution in [0.25, 0.3) is 0 Å². The quantitative estimate of drug-likeness (QED) is 0.747. The number of nitrogens with zero attached hydrogens (tertiary/aromatic N) is 2. The summed E-state index contributed by atoms with van der Waals surface area (Å²) in [5, 5.41) is 3.97. The van der Waals surface area contributed by atoms with Crippen LogP contribution in [0, 0.1) is 5.92 Å². The van der Waals surface area contributed by atoms with Crippen LogP contribution in [0.4, 0.5) is 0 Å². The molecule has 0 spiro atoms. The van der Waals surface area contributed by atoms with E-state index in [0.717, 1.165) is 19.3 Å². The van der Waals surface area contributed by atoms with Gasteiger partial charge in [0.15, 0.2) is 0 Å². The summed E-state index contributed by atoms with van der Waals surface area (Å²) >= 11 is 0. The lowest BCUT2D eigenvalue weighted by Gasteiger charge is -2.03. The average molecular weight is 272 g/mol. The highest BCUT2D eigenvalue weighted by Crippen LogP contribution is 2.35. The van der Waals surface area contributed by atoms with Crippen LogP contribution in [0.15, 0.2) is 17.3 Å². The molecule has 0 aromatic carbocycles. The molecular formula is C11H20N4O2S. The Kier molecular flexibility index (Phi) is 4.04. The minimum atomic E-state index is -3.42. The topological polar surface area (TPSA) is 90.0 Å². The third-order valence-corrected chi connectivity index (χ3v) is 4.61. The van der Waals surface area contributed by atoms with Crippen LogP contribution in [0.2, 0.25) is 0 Å². The minimum absolute atomic E-state index is 0.104. The highest BCUT2D eigenvalue weighted by atomic mass is 32.2. The number of rotatable bonds is 7. The second kappa shape index (κ2) is 5.38. The molecule has 2 atom stereocenters. The van der Waals surface area contributed by atoms with E-state index in [1.165, 1.54) is 12.4 Å². The predicted molar refractivity (Wildman–Crippen MR) is 68.4 cm³/mol. The van der Waals surface area contributed by atoms with Crippen molar-refractivity contribution >= 4 is 10.0 Å². The standard InChI is InChI=1S/C11H20N4O2S/c1-2-3-9-6-11(9)14-18(16,17)10-7-13-15(8-10)5-4-12/h7-9,11,14H,2-6,12H2,1H3. The fraction of sp³-hybridized carbons (Fsp3) is 0.727. The van der Waals surface area contributed by atoms with Crippen molar-refractivity contribution in [2.45, 2.75) is 43.7 Å². The summed E-state index contributed by atoms with van der Waals surface area (Å²) in [7, 11) is -3.42. The van der Waals surface area contributed by atoms with Crippen molar-refractivity contribution in [2.24, 2.45) is 11.7 Å². The van der Waals surface area contributed by atoms with Gasteiger partial charge < -0.3 is 5.73 Å². The zero-order valence-corrected chi connectivity index (χ0v) is 11.4. The molecule has 0 amide bonds. The lowest BCUT2D eigenvalue weighted by molar-refractivity contribution is 0.572.